The first-order chi connectivity index (χ1) is 10.6. The number of anilines is 1. The maximum Gasteiger partial charge on any atom is 0.320 e. The van der Waals surface area contributed by atoms with E-state index >= 15 is 0 Å². The first kappa shape index (κ1) is 16.0. The van der Waals surface area contributed by atoms with Crippen LogP contribution in [0.3, 0.4) is 0 Å². The molecular weight excluding hydrogens is 302 g/mol. The Balaban J connectivity index is 2.52. The molecule has 0 aliphatic rings. The molecule has 0 atom stereocenters. The molecule has 0 aromatic heterocycles. The number of nitrogens with one attached hydrogen (secondary N) is 1. The van der Waals surface area contributed by atoms with Crippen molar-refractivity contribution in [3.05, 3.63) is 66.2 Å². The summed E-state index contributed by atoms with van der Waals surface area (Å²) in [6, 6.07) is 17.6. The van der Waals surface area contributed by atoms with Gasteiger partial charge in [0.05, 0.1) is 12.8 Å². The van der Waals surface area contributed by atoms with Crippen LogP contribution in [0.1, 0.15) is 5.56 Å². The number of methoxy groups -OCH3 is 1. The van der Waals surface area contributed by atoms with Crippen molar-refractivity contribution in [3.63, 3.8) is 0 Å². The van der Waals surface area contributed by atoms with E-state index < -0.39 is 10.2 Å². The van der Waals surface area contributed by atoms with Gasteiger partial charge in [0.2, 0.25) is 5.90 Å². The molecule has 22 heavy (non-hydrogen) atoms. The van der Waals surface area contributed by atoms with Crippen LogP contribution in [0, 0.1) is 0 Å². The summed E-state index contributed by atoms with van der Waals surface area (Å²) < 4.78 is 32.9. The van der Waals surface area contributed by atoms with Gasteiger partial charge in [0, 0.05) is 12.6 Å². The average molecular weight is 319 g/mol. The number of hydrazone groups is 1. The smallest absolute Gasteiger partial charge is 0.320 e. The predicted octanol–water partition coefficient (Wildman–Crippen LogP) is 1.97. The van der Waals surface area contributed by atoms with Gasteiger partial charge in [-0.25, -0.2) is 0 Å². The molecule has 0 aliphatic carbocycles. The van der Waals surface area contributed by atoms with E-state index in [1.54, 1.807) is 42.5 Å². The normalized spacial score (nSPS) is 12.0. The third kappa shape index (κ3) is 3.63. The van der Waals surface area contributed by atoms with Crippen LogP contribution < -0.4 is 9.14 Å². The number of ether oxygens (including phenoxy) is 1. The van der Waals surface area contributed by atoms with Gasteiger partial charge < -0.3 is 4.74 Å². The fraction of sp³-hybridized carbons (Fsp3) is 0.133. The molecule has 0 amide bonds. The lowest BCUT2D eigenvalue weighted by atomic mass is 10.2. The lowest BCUT2D eigenvalue weighted by Crippen LogP contribution is -2.36. The Bertz CT molecular complexity index is 731. The maximum absolute atomic E-state index is 12.2. The minimum atomic E-state index is -3.81. The quantitative estimate of drug-likeness (QED) is 0.520. The third-order valence-electron chi connectivity index (χ3n) is 2.86. The van der Waals surface area contributed by atoms with Gasteiger partial charge in [-0.05, 0) is 24.3 Å². The van der Waals surface area contributed by atoms with E-state index in [1.807, 2.05) is 18.2 Å². The Morgan fingerprint density at radius 1 is 1.05 bits per heavy atom. The van der Waals surface area contributed by atoms with E-state index in [4.69, 9.17) is 4.74 Å². The fourth-order valence-corrected chi connectivity index (χ4v) is 2.53. The molecule has 2 aromatic rings. The number of para-hydroxylation sites is 1. The molecule has 7 heteroatoms. The Morgan fingerprint density at radius 3 is 2.09 bits per heavy atom. The van der Waals surface area contributed by atoms with Crippen molar-refractivity contribution in [1.29, 1.82) is 0 Å². The van der Waals surface area contributed by atoms with Crippen molar-refractivity contribution in [1.82, 2.24) is 4.72 Å². The lowest BCUT2D eigenvalue weighted by Gasteiger charge is -2.19. The number of rotatable bonds is 5. The number of hydrogen-bond acceptors (Lipinski definition) is 4. The summed E-state index contributed by atoms with van der Waals surface area (Å²) in [5.74, 6) is 0.197. The SMILES string of the molecule is CNS(=O)(=O)N(/N=C(\OC)c1ccccc1)c1ccccc1. The molecular formula is C15H17N3O3S. The predicted molar refractivity (Wildman–Crippen MR) is 86.9 cm³/mol. The van der Waals surface area contributed by atoms with Gasteiger partial charge in [-0.2, -0.15) is 13.1 Å². The fourth-order valence-electron chi connectivity index (χ4n) is 1.77. The molecule has 6 nitrogen and oxygen atoms in total. The van der Waals surface area contributed by atoms with Gasteiger partial charge in [-0.1, -0.05) is 36.4 Å². The minimum Gasteiger partial charge on any atom is -0.480 e. The third-order valence-corrected chi connectivity index (χ3v) is 4.12. The summed E-state index contributed by atoms with van der Waals surface area (Å²) in [4.78, 5) is 0. The van der Waals surface area contributed by atoms with Crippen molar-refractivity contribution in [2.24, 2.45) is 5.10 Å². The van der Waals surface area contributed by atoms with Crippen LogP contribution in [0.4, 0.5) is 5.69 Å². The van der Waals surface area contributed by atoms with Crippen LogP contribution in [0.15, 0.2) is 65.8 Å². The highest BCUT2D eigenvalue weighted by atomic mass is 32.2. The number of benzene rings is 2. The van der Waals surface area contributed by atoms with E-state index in [1.165, 1.54) is 14.2 Å². The van der Waals surface area contributed by atoms with Gasteiger partial charge in [0.15, 0.2) is 0 Å². The monoisotopic (exact) mass is 319 g/mol. The summed E-state index contributed by atoms with van der Waals surface area (Å²) in [5.41, 5.74) is 1.08. The summed E-state index contributed by atoms with van der Waals surface area (Å²) in [6.45, 7) is 0. The van der Waals surface area contributed by atoms with Gasteiger partial charge in [-0.15, -0.1) is 9.52 Å². The van der Waals surface area contributed by atoms with Crippen LogP contribution in [0.2, 0.25) is 0 Å². The van der Waals surface area contributed by atoms with Gasteiger partial charge in [-0.3, -0.25) is 0 Å². The van der Waals surface area contributed by atoms with E-state index in [0.717, 1.165) is 4.41 Å². The second kappa shape index (κ2) is 7.06. The average Bonchev–Trinajstić information content (AvgIpc) is 2.57. The van der Waals surface area contributed by atoms with E-state index in [-0.39, 0.29) is 5.90 Å². The van der Waals surface area contributed by atoms with Gasteiger partial charge >= 0.3 is 10.2 Å². The zero-order valence-corrected chi connectivity index (χ0v) is 13.1. The Hall–Kier alpha value is -2.38. The van der Waals surface area contributed by atoms with Crippen LogP contribution >= 0.6 is 0 Å². The first-order valence-electron chi connectivity index (χ1n) is 6.55. The standard InChI is InChI=1S/C15H17N3O3S/c1-16-22(19,20)18(14-11-7-4-8-12-14)17-15(21-2)13-9-5-3-6-10-13/h3-12,16H,1-2H3/b17-15-. The van der Waals surface area contributed by atoms with E-state index in [0.29, 0.717) is 11.3 Å². The van der Waals surface area contributed by atoms with Crippen molar-refractivity contribution < 1.29 is 13.2 Å². The van der Waals surface area contributed by atoms with E-state index in [9.17, 15) is 8.42 Å². The molecule has 2 rings (SSSR count). The molecule has 0 aliphatic heterocycles. The van der Waals surface area contributed by atoms with E-state index in [2.05, 4.69) is 9.82 Å². The highest BCUT2D eigenvalue weighted by Crippen LogP contribution is 2.18. The van der Waals surface area contributed by atoms with Crippen molar-refractivity contribution in [2.45, 2.75) is 0 Å². The molecule has 0 heterocycles. The maximum atomic E-state index is 12.2. The Morgan fingerprint density at radius 2 is 1.59 bits per heavy atom. The molecule has 116 valence electrons. The number of nitrogens with zero attached hydrogens (tertiary/aromatic N) is 2. The molecule has 2 aromatic carbocycles. The second-order valence-corrected chi connectivity index (χ2v) is 5.97. The summed E-state index contributed by atoms with van der Waals surface area (Å²) >= 11 is 0. The highest BCUT2D eigenvalue weighted by molar-refractivity contribution is 7.90. The van der Waals surface area contributed by atoms with Crippen molar-refractivity contribution >= 4 is 21.8 Å². The highest BCUT2D eigenvalue weighted by Gasteiger charge is 2.21. The summed E-state index contributed by atoms with van der Waals surface area (Å²) in [5, 5.41) is 4.15. The molecule has 0 spiro atoms. The number of hydrogen-bond donors (Lipinski definition) is 1. The lowest BCUT2D eigenvalue weighted by molar-refractivity contribution is 0.402. The first-order valence-corrected chi connectivity index (χ1v) is 7.99. The zero-order valence-electron chi connectivity index (χ0n) is 12.3. The Kier molecular flexibility index (Phi) is 5.13. The molecule has 0 fully saturated rings. The molecule has 0 radical (unpaired) electrons. The van der Waals surface area contributed by atoms with Crippen molar-refractivity contribution in [2.75, 3.05) is 18.6 Å². The molecule has 1 N–H and O–H groups in total. The zero-order chi connectivity index (χ0) is 16.0. The second-order valence-electron chi connectivity index (χ2n) is 4.26. The van der Waals surface area contributed by atoms with Crippen LogP contribution in [0.25, 0.3) is 0 Å². The molecule has 0 unspecified atom stereocenters. The summed E-state index contributed by atoms with van der Waals surface area (Å²) in [6.07, 6.45) is 0. The minimum absolute atomic E-state index is 0.197. The topological polar surface area (TPSA) is 71.0 Å². The molecule has 0 bridgehead atoms. The van der Waals surface area contributed by atoms with Crippen LogP contribution in [-0.4, -0.2) is 28.5 Å². The van der Waals surface area contributed by atoms with Gasteiger partial charge in [0.25, 0.3) is 0 Å². The van der Waals surface area contributed by atoms with Gasteiger partial charge in [0.1, 0.15) is 0 Å². The molecule has 0 saturated heterocycles. The van der Waals surface area contributed by atoms with Crippen molar-refractivity contribution in [3.8, 4) is 0 Å². The Labute approximate surface area is 130 Å². The largest absolute Gasteiger partial charge is 0.480 e. The summed E-state index contributed by atoms with van der Waals surface area (Å²) in [7, 11) is -1.04. The van der Waals surface area contributed by atoms with Crippen LogP contribution in [0.5, 0.6) is 0 Å². The van der Waals surface area contributed by atoms with Crippen LogP contribution in [-0.2, 0) is 14.9 Å². The molecule has 0 saturated carbocycles.